The van der Waals surface area contributed by atoms with E-state index in [1.165, 1.54) is 12.3 Å². The Bertz CT molecular complexity index is 470. The average Bonchev–Trinajstić information content (AvgIpc) is 2.50. The first-order valence-electron chi connectivity index (χ1n) is 4.62. The quantitative estimate of drug-likeness (QED) is 0.802. The summed E-state index contributed by atoms with van der Waals surface area (Å²) >= 11 is 0. The van der Waals surface area contributed by atoms with Gasteiger partial charge in [0.05, 0.1) is 0 Å². The molecule has 0 atom stereocenters. The number of carbonyl (C=O) groups is 1. The van der Waals surface area contributed by atoms with Crippen LogP contribution in [0.2, 0.25) is 0 Å². The molecule has 5 nitrogen and oxygen atoms in total. The van der Waals surface area contributed by atoms with Crippen molar-refractivity contribution in [1.29, 1.82) is 0 Å². The van der Waals surface area contributed by atoms with Crippen molar-refractivity contribution >= 4 is 15.8 Å². The molecule has 2 N–H and O–H groups in total. The van der Waals surface area contributed by atoms with Crippen molar-refractivity contribution in [2.24, 2.45) is 0 Å². The molecule has 1 aliphatic rings. The molecule has 0 radical (unpaired) electrons. The predicted molar refractivity (Wildman–Crippen MR) is 52.2 cm³/mol. The Labute approximate surface area is 87.0 Å². The van der Waals surface area contributed by atoms with Gasteiger partial charge in [0.1, 0.15) is 5.03 Å². The van der Waals surface area contributed by atoms with Crippen molar-refractivity contribution in [3.05, 3.63) is 18.3 Å². The molecule has 2 rings (SSSR count). The molecule has 0 aromatic carbocycles. The summed E-state index contributed by atoms with van der Waals surface area (Å²) in [5.41, 5.74) is 0. The fourth-order valence-electron chi connectivity index (χ4n) is 1.79. The first-order chi connectivity index (χ1) is 7.01. The van der Waals surface area contributed by atoms with Crippen molar-refractivity contribution in [3.8, 4) is 0 Å². The Hall–Kier alpha value is -1.30. The normalized spacial score (nSPS) is 19.5. The smallest absolute Gasteiger partial charge is 0.325 e. The Kier molecular flexibility index (Phi) is 2.11. The Balaban J connectivity index is 2.50. The Morgan fingerprint density at radius 3 is 2.47 bits per heavy atom. The number of aromatic nitrogens is 1. The summed E-state index contributed by atoms with van der Waals surface area (Å²) in [6.07, 6.45) is 2.51. The fourth-order valence-corrected chi connectivity index (χ4v) is 3.74. The number of carboxylic acids is 1. The van der Waals surface area contributed by atoms with Crippen LogP contribution in [0.25, 0.3) is 0 Å². The number of nitrogens with one attached hydrogen (secondary N) is 1. The highest BCUT2D eigenvalue weighted by Crippen LogP contribution is 2.42. The summed E-state index contributed by atoms with van der Waals surface area (Å²) < 4.78 is 22.5. The summed E-state index contributed by atoms with van der Waals surface area (Å²) in [7, 11) is -3.77. The zero-order chi connectivity index (χ0) is 11.1. The lowest BCUT2D eigenvalue weighted by molar-refractivity contribution is -0.142. The van der Waals surface area contributed by atoms with Gasteiger partial charge in [0, 0.05) is 6.20 Å². The van der Waals surface area contributed by atoms with Gasteiger partial charge in [-0.25, -0.2) is 8.42 Å². The molecule has 1 fully saturated rings. The number of hydrogen-bond acceptors (Lipinski definition) is 3. The molecule has 0 amide bonds. The van der Waals surface area contributed by atoms with E-state index in [-0.39, 0.29) is 17.9 Å². The number of aromatic amines is 1. The van der Waals surface area contributed by atoms with Crippen molar-refractivity contribution < 1.29 is 18.3 Å². The number of rotatable bonds is 3. The lowest BCUT2D eigenvalue weighted by Gasteiger charge is -2.36. The SMILES string of the molecule is O=C(O)C1(S(=O)(=O)c2ccc[nH]2)CCC1. The largest absolute Gasteiger partial charge is 0.480 e. The average molecular weight is 229 g/mol. The molecule has 0 aliphatic heterocycles. The second kappa shape index (κ2) is 3.10. The Morgan fingerprint density at radius 2 is 2.13 bits per heavy atom. The van der Waals surface area contributed by atoms with Crippen molar-refractivity contribution in [2.75, 3.05) is 0 Å². The van der Waals surface area contributed by atoms with E-state index in [1.807, 2.05) is 0 Å². The van der Waals surface area contributed by atoms with Gasteiger partial charge in [-0.1, -0.05) is 0 Å². The first-order valence-corrected chi connectivity index (χ1v) is 6.10. The van der Waals surface area contributed by atoms with Crippen molar-refractivity contribution in [1.82, 2.24) is 4.98 Å². The van der Waals surface area contributed by atoms with Gasteiger partial charge >= 0.3 is 5.97 Å². The highest BCUT2D eigenvalue weighted by Gasteiger charge is 2.56. The summed E-state index contributed by atoms with van der Waals surface area (Å²) in [6, 6.07) is 2.93. The van der Waals surface area contributed by atoms with E-state index in [0.717, 1.165) is 0 Å². The lowest BCUT2D eigenvalue weighted by Crippen LogP contribution is -2.52. The molecule has 0 spiro atoms. The van der Waals surface area contributed by atoms with Gasteiger partial charge < -0.3 is 10.1 Å². The van der Waals surface area contributed by atoms with Gasteiger partial charge in [-0.15, -0.1) is 0 Å². The van der Waals surface area contributed by atoms with Crippen molar-refractivity contribution in [3.63, 3.8) is 0 Å². The van der Waals surface area contributed by atoms with Crippen molar-refractivity contribution in [2.45, 2.75) is 29.0 Å². The van der Waals surface area contributed by atoms with Crippen LogP contribution in [0.1, 0.15) is 19.3 Å². The number of hydrogen-bond donors (Lipinski definition) is 2. The molecule has 1 aromatic rings. The molecule has 0 saturated heterocycles. The van der Waals surface area contributed by atoms with Crippen LogP contribution in [0.4, 0.5) is 0 Å². The van der Waals surface area contributed by atoms with E-state index in [0.29, 0.717) is 6.42 Å². The van der Waals surface area contributed by atoms with Gasteiger partial charge in [-0.2, -0.15) is 0 Å². The summed E-state index contributed by atoms with van der Waals surface area (Å²) in [5, 5.41) is 9.02. The van der Waals surface area contributed by atoms with E-state index in [9.17, 15) is 13.2 Å². The number of sulfone groups is 1. The van der Waals surface area contributed by atoms with Crippen LogP contribution in [0.3, 0.4) is 0 Å². The number of aliphatic carboxylic acids is 1. The molecule has 1 aromatic heterocycles. The van der Waals surface area contributed by atoms with E-state index in [4.69, 9.17) is 5.11 Å². The third kappa shape index (κ3) is 1.21. The first kappa shape index (κ1) is 10.2. The lowest BCUT2D eigenvalue weighted by atomic mass is 9.84. The summed E-state index contributed by atoms with van der Waals surface area (Å²) in [5.74, 6) is -1.25. The molecule has 82 valence electrons. The van der Waals surface area contributed by atoms with E-state index >= 15 is 0 Å². The highest BCUT2D eigenvalue weighted by atomic mass is 32.2. The third-order valence-electron chi connectivity index (χ3n) is 2.92. The molecule has 1 saturated carbocycles. The van der Waals surface area contributed by atoms with Gasteiger partial charge in [0.25, 0.3) is 0 Å². The summed E-state index contributed by atoms with van der Waals surface area (Å²) in [6.45, 7) is 0. The van der Waals surface area contributed by atoms with Crippen LogP contribution in [0.5, 0.6) is 0 Å². The van der Waals surface area contributed by atoms with Crippen LogP contribution in [0.15, 0.2) is 23.4 Å². The second-order valence-corrected chi connectivity index (χ2v) is 5.92. The standard InChI is InChI=1S/C9H11NO4S/c11-8(12)9(4-2-5-9)15(13,14)7-3-1-6-10-7/h1,3,6,10H,2,4-5H2,(H,11,12). The van der Waals surface area contributed by atoms with E-state index in [2.05, 4.69) is 4.98 Å². The molecule has 0 unspecified atom stereocenters. The zero-order valence-electron chi connectivity index (χ0n) is 7.93. The highest BCUT2D eigenvalue weighted by molar-refractivity contribution is 7.93. The molecule has 1 heterocycles. The zero-order valence-corrected chi connectivity index (χ0v) is 8.75. The number of H-pyrrole nitrogens is 1. The van der Waals surface area contributed by atoms with Crippen LogP contribution < -0.4 is 0 Å². The summed E-state index contributed by atoms with van der Waals surface area (Å²) in [4.78, 5) is 13.6. The predicted octanol–water partition coefficient (Wildman–Crippen LogP) is 0.796. The minimum absolute atomic E-state index is 0.00963. The van der Waals surface area contributed by atoms with Gasteiger partial charge in [0.2, 0.25) is 9.84 Å². The van der Waals surface area contributed by atoms with Crippen LogP contribution in [-0.4, -0.2) is 29.2 Å². The van der Waals surface area contributed by atoms with E-state index < -0.39 is 20.6 Å². The molecular formula is C9H11NO4S. The minimum Gasteiger partial charge on any atom is -0.480 e. The van der Waals surface area contributed by atoms with Gasteiger partial charge in [-0.3, -0.25) is 4.79 Å². The Morgan fingerprint density at radius 1 is 1.47 bits per heavy atom. The van der Waals surface area contributed by atoms with E-state index in [1.54, 1.807) is 6.07 Å². The van der Waals surface area contributed by atoms with Crippen LogP contribution in [-0.2, 0) is 14.6 Å². The minimum atomic E-state index is -3.77. The molecule has 1 aliphatic carbocycles. The maximum absolute atomic E-state index is 12.0. The van der Waals surface area contributed by atoms with Crippen LogP contribution >= 0.6 is 0 Å². The maximum atomic E-state index is 12.0. The second-order valence-electron chi connectivity index (χ2n) is 3.69. The van der Waals surface area contributed by atoms with Gasteiger partial charge in [0.15, 0.2) is 4.75 Å². The topological polar surface area (TPSA) is 87.2 Å². The van der Waals surface area contributed by atoms with Crippen LogP contribution in [0, 0.1) is 0 Å². The molecule has 0 bridgehead atoms. The number of carboxylic acid groups (broad SMARTS) is 1. The fraction of sp³-hybridized carbons (Fsp3) is 0.444. The molecular weight excluding hydrogens is 218 g/mol. The molecule has 15 heavy (non-hydrogen) atoms. The maximum Gasteiger partial charge on any atom is 0.325 e. The monoisotopic (exact) mass is 229 g/mol. The molecule has 6 heteroatoms. The van der Waals surface area contributed by atoms with Gasteiger partial charge in [-0.05, 0) is 31.4 Å². The third-order valence-corrected chi connectivity index (χ3v) is 5.37.